The second kappa shape index (κ2) is 2.12. The number of nitrogens with zero attached hydrogens (tertiary/aromatic N) is 2. The Morgan fingerprint density at radius 3 is 2.88 bits per heavy atom. The van der Waals surface area contributed by atoms with Crippen LogP contribution in [0.4, 0.5) is 0 Å². The summed E-state index contributed by atoms with van der Waals surface area (Å²) in [7, 11) is 0. The normalized spacial score (nSPS) is 67.0. The zero-order valence-corrected chi connectivity index (χ0v) is 9.88. The van der Waals surface area contributed by atoms with Gasteiger partial charge in [-0.05, 0) is 31.6 Å². The number of hydrogen-bond acceptors (Lipinski definition) is 4. The lowest BCUT2D eigenvalue weighted by Crippen LogP contribution is -2.84. The Kier molecular flexibility index (Phi) is 1.11. The molecule has 0 amide bonds. The Bertz CT molecular complexity index is 524. The average Bonchev–Trinajstić information content (AvgIpc) is 2.41. The van der Waals surface area contributed by atoms with Gasteiger partial charge in [-0.25, -0.2) is 4.99 Å². The van der Waals surface area contributed by atoms with Crippen LogP contribution >= 0.6 is 0 Å². The molecule has 1 saturated heterocycles. The Morgan fingerprint density at radius 1 is 1.41 bits per heavy atom. The van der Waals surface area contributed by atoms with Crippen LogP contribution in [0, 0.1) is 40.4 Å². The van der Waals surface area contributed by atoms with E-state index < -0.39 is 5.41 Å². The number of hydrogen-bond donors (Lipinski definition) is 0. The summed E-state index contributed by atoms with van der Waals surface area (Å²) < 4.78 is 11.8. The van der Waals surface area contributed by atoms with Gasteiger partial charge < -0.3 is 9.47 Å². The molecule has 0 N–H and O–H groups in total. The van der Waals surface area contributed by atoms with Crippen molar-refractivity contribution in [1.82, 2.24) is 0 Å². The molecule has 4 nitrogen and oxygen atoms in total. The van der Waals surface area contributed by atoms with Crippen LogP contribution in [0.25, 0.3) is 0 Å². The molecule has 2 aliphatic heterocycles. The average molecular weight is 230 g/mol. The first-order valence-electron chi connectivity index (χ1n) is 6.50. The maximum absolute atomic E-state index is 9.63. The summed E-state index contributed by atoms with van der Waals surface area (Å²) in [4.78, 5) is 4.78. The Labute approximate surface area is 99.6 Å². The zero-order valence-electron chi connectivity index (χ0n) is 9.88. The summed E-state index contributed by atoms with van der Waals surface area (Å²) in [6, 6.07) is 2.49. The molecular weight excluding hydrogens is 216 g/mol. The number of aliphatic imine (C=N–C) groups is 1. The molecule has 0 unspecified atom stereocenters. The third-order valence-electron chi connectivity index (χ3n) is 6.04. The summed E-state index contributed by atoms with van der Waals surface area (Å²) >= 11 is 0. The lowest BCUT2D eigenvalue weighted by Gasteiger charge is -2.75. The Morgan fingerprint density at radius 2 is 2.18 bits per heavy atom. The fraction of sp³-hybridized carbons (Fsp3) is 0.846. The van der Waals surface area contributed by atoms with Gasteiger partial charge in [-0.15, -0.1) is 0 Å². The molecule has 4 heteroatoms. The predicted molar refractivity (Wildman–Crippen MR) is 58.1 cm³/mol. The van der Waals surface area contributed by atoms with Gasteiger partial charge in [0.15, 0.2) is 5.41 Å². The van der Waals surface area contributed by atoms with Crippen LogP contribution in [-0.4, -0.2) is 30.3 Å². The summed E-state index contributed by atoms with van der Waals surface area (Å²) in [6.45, 7) is 4.71. The van der Waals surface area contributed by atoms with Crippen LogP contribution in [0.2, 0.25) is 0 Å². The van der Waals surface area contributed by atoms with Crippen molar-refractivity contribution >= 4 is 5.90 Å². The molecule has 3 saturated carbocycles. The van der Waals surface area contributed by atoms with E-state index >= 15 is 0 Å². The van der Waals surface area contributed by atoms with E-state index in [0.717, 1.165) is 0 Å². The van der Waals surface area contributed by atoms with Gasteiger partial charge in [-0.3, -0.25) is 0 Å². The van der Waals surface area contributed by atoms with Crippen molar-refractivity contribution in [3.05, 3.63) is 0 Å². The molecule has 0 radical (unpaired) electrons. The van der Waals surface area contributed by atoms with Crippen molar-refractivity contribution in [2.24, 2.45) is 34.1 Å². The minimum atomic E-state index is -0.535. The minimum absolute atomic E-state index is 0.0679. The first-order chi connectivity index (χ1) is 8.20. The van der Waals surface area contributed by atoms with Crippen LogP contribution in [0.1, 0.15) is 13.8 Å². The van der Waals surface area contributed by atoms with Crippen LogP contribution in [0.15, 0.2) is 4.99 Å². The summed E-state index contributed by atoms with van der Waals surface area (Å²) in [6.07, 6.45) is 0.324. The summed E-state index contributed by atoms with van der Waals surface area (Å²) in [5.74, 6) is 3.05. The molecule has 8 atom stereocenters. The minimum Gasteiger partial charge on any atom is -0.480 e. The van der Waals surface area contributed by atoms with Gasteiger partial charge in [0.1, 0.15) is 0 Å². The first kappa shape index (κ1) is 8.93. The van der Waals surface area contributed by atoms with E-state index in [1.165, 1.54) is 0 Å². The van der Waals surface area contributed by atoms with Crippen LogP contribution in [0.5, 0.6) is 0 Å². The summed E-state index contributed by atoms with van der Waals surface area (Å²) in [5.41, 5.74) is -0.630. The fourth-order valence-corrected chi connectivity index (χ4v) is 5.54. The molecule has 4 fully saturated rings. The third-order valence-corrected chi connectivity index (χ3v) is 6.04. The van der Waals surface area contributed by atoms with Gasteiger partial charge in [0.2, 0.25) is 5.90 Å². The monoisotopic (exact) mass is 230 g/mol. The van der Waals surface area contributed by atoms with Crippen molar-refractivity contribution in [2.75, 3.05) is 6.61 Å². The van der Waals surface area contributed by atoms with E-state index in [0.29, 0.717) is 36.2 Å². The fourth-order valence-electron chi connectivity index (χ4n) is 5.54. The van der Waals surface area contributed by atoms with E-state index in [1.807, 2.05) is 6.92 Å². The molecule has 0 aromatic rings. The van der Waals surface area contributed by atoms with Crippen molar-refractivity contribution < 1.29 is 9.47 Å². The van der Waals surface area contributed by atoms with Gasteiger partial charge in [0.05, 0.1) is 30.4 Å². The number of rotatable bonds is 1. The highest BCUT2D eigenvalue weighted by Gasteiger charge is 2.93. The molecule has 17 heavy (non-hydrogen) atoms. The van der Waals surface area contributed by atoms with Crippen LogP contribution in [0.3, 0.4) is 0 Å². The standard InChI is InChI=1S/C13H14N2O2/c1-3-16-11-13(4-14)8-6-5-7(8)12(2,15-11)9(5)17-10(6)13/h5-10H,3H2,1-2H3/t5-,6+,7+,8+,9-,10+,12+,13-/m0/s1. The second-order valence-electron chi connectivity index (χ2n) is 6.24. The van der Waals surface area contributed by atoms with Gasteiger partial charge in [0.25, 0.3) is 0 Å². The second-order valence-corrected chi connectivity index (χ2v) is 6.24. The quantitative estimate of drug-likeness (QED) is 0.674. The topological polar surface area (TPSA) is 54.6 Å². The van der Waals surface area contributed by atoms with Gasteiger partial charge >= 0.3 is 0 Å². The molecule has 0 aromatic heterocycles. The first-order valence-corrected chi connectivity index (χ1v) is 6.50. The highest BCUT2D eigenvalue weighted by atomic mass is 16.5. The molecule has 2 heterocycles. The third kappa shape index (κ3) is 0.540. The Balaban J connectivity index is 1.75. The van der Waals surface area contributed by atoms with Crippen molar-refractivity contribution in [3.63, 3.8) is 0 Å². The largest absolute Gasteiger partial charge is 0.480 e. The maximum atomic E-state index is 9.63. The number of ether oxygens (including phenoxy) is 2. The highest BCUT2D eigenvalue weighted by molar-refractivity contribution is 5.92. The molecule has 5 aliphatic rings. The van der Waals surface area contributed by atoms with Gasteiger partial charge in [-0.2, -0.15) is 5.26 Å². The molecule has 0 spiro atoms. The van der Waals surface area contributed by atoms with E-state index in [1.54, 1.807) is 0 Å². The van der Waals surface area contributed by atoms with Crippen molar-refractivity contribution in [2.45, 2.75) is 31.6 Å². The lowest BCUT2D eigenvalue weighted by molar-refractivity contribution is -0.236. The zero-order chi connectivity index (χ0) is 11.6. The van der Waals surface area contributed by atoms with Gasteiger partial charge in [0, 0.05) is 5.92 Å². The Hall–Kier alpha value is -1.08. The maximum Gasteiger partial charge on any atom is 0.208 e. The van der Waals surface area contributed by atoms with E-state index in [2.05, 4.69) is 13.0 Å². The number of fused-ring (bicyclic) bond motifs is 2. The molecule has 0 aromatic carbocycles. The van der Waals surface area contributed by atoms with E-state index in [-0.39, 0.29) is 17.7 Å². The molecule has 88 valence electrons. The van der Waals surface area contributed by atoms with Crippen LogP contribution < -0.4 is 0 Å². The molecule has 3 aliphatic carbocycles. The smallest absolute Gasteiger partial charge is 0.208 e. The van der Waals surface area contributed by atoms with E-state index in [4.69, 9.17) is 14.5 Å². The molecule has 5 rings (SSSR count). The van der Waals surface area contributed by atoms with Crippen molar-refractivity contribution in [1.29, 1.82) is 5.26 Å². The van der Waals surface area contributed by atoms with Gasteiger partial charge in [-0.1, -0.05) is 0 Å². The number of nitriles is 1. The molecule has 0 bridgehead atoms. The SMILES string of the molecule is CCOC1=N[C@]2(C)[C@@H]3[C@@H]4[C@@H]5[C@H]3[C@@]1(C#N)[C@@H]5O[C@@H]42. The lowest BCUT2D eigenvalue weighted by atomic mass is 9.26. The van der Waals surface area contributed by atoms with Crippen molar-refractivity contribution in [3.8, 4) is 6.07 Å². The van der Waals surface area contributed by atoms with E-state index in [9.17, 15) is 5.26 Å². The molecular formula is C13H14N2O2. The summed E-state index contributed by atoms with van der Waals surface area (Å²) in [5, 5.41) is 9.63. The predicted octanol–water partition coefficient (Wildman–Crippen LogP) is 0.977. The highest BCUT2D eigenvalue weighted by Crippen LogP contribution is 2.84. The van der Waals surface area contributed by atoms with Crippen LogP contribution in [-0.2, 0) is 9.47 Å².